The number of amides is 1. The first-order valence-electron chi connectivity index (χ1n) is 8.93. The first-order valence-corrected chi connectivity index (χ1v) is 8.93. The molecule has 2 aromatic heterocycles. The summed E-state index contributed by atoms with van der Waals surface area (Å²) in [7, 11) is 3.90. The minimum absolute atomic E-state index is 0.169. The molecule has 0 aliphatic carbocycles. The Morgan fingerprint density at radius 1 is 1.35 bits per heavy atom. The van der Waals surface area contributed by atoms with E-state index in [0.29, 0.717) is 0 Å². The molecule has 26 heavy (non-hydrogen) atoms. The Balaban J connectivity index is 1.88. The van der Waals surface area contributed by atoms with Gasteiger partial charge in [-0.2, -0.15) is 4.98 Å². The number of anilines is 2. The SMILES string of the molecule is Cc1nc(N(C)C)nc(N2CCCC(c3nccn3CC(N)=O)C2)c1C. The van der Waals surface area contributed by atoms with Gasteiger partial charge in [-0.05, 0) is 26.7 Å². The van der Waals surface area contributed by atoms with Crippen LogP contribution in [0.3, 0.4) is 0 Å². The Hall–Kier alpha value is -2.64. The van der Waals surface area contributed by atoms with Crippen molar-refractivity contribution >= 4 is 17.7 Å². The van der Waals surface area contributed by atoms with E-state index in [1.54, 1.807) is 6.20 Å². The molecule has 0 bridgehead atoms. The van der Waals surface area contributed by atoms with E-state index in [1.165, 1.54) is 0 Å². The number of rotatable bonds is 5. The number of nitrogens with two attached hydrogens (primary N) is 1. The van der Waals surface area contributed by atoms with Crippen LogP contribution in [0.1, 0.15) is 35.8 Å². The molecule has 1 aliphatic rings. The molecule has 2 aromatic rings. The van der Waals surface area contributed by atoms with Gasteiger partial charge in [0.1, 0.15) is 18.2 Å². The highest BCUT2D eigenvalue weighted by Crippen LogP contribution is 2.31. The molecular formula is C18H27N7O. The van der Waals surface area contributed by atoms with Crippen LogP contribution in [0.15, 0.2) is 12.4 Å². The predicted octanol–water partition coefficient (Wildman–Crippen LogP) is 1.23. The van der Waals surface area contributed by atoms with Crippen LogP contribution in [0.4, 0.5) is 11.8 Å². The summed E-state index contributed by atoms with van der Waals surface area (Å²) < 4.78 is 1.86. The molecule has 2 N–H and O–H groups in total. The Bertz CT molecular complexity index is 799. The Labute approximate surface area is 154 Å². The minimum atomic E-state index is -0.352. The maximum atomic E-state index is 11.3. The molecule has 0 saturated carbocycles. The van der Waals surface area contributed by atoms with Gasteiger partial charge in [0.2, 0.25) is 11.9 Å². The number of piperidine rings is 1. The molecule has 0 aromatic carbocycles. The lowest BCUT2D eigenvalue weighted by molar-refractivity contribution is -0.118. The van der Waals surface area contributed by atoms with Gasteiger partial charge in [-0.25, -0.2) is 9.97 Å². The Morgan fingerprint density at radius 2 is 2.12 bits per heavy atom. The van der Waals surface area contributed by atoms with Crippen LogP contribution in [0.2, 0.25) is 0 Å². The molecule has 1 saturated heterocycles. The fourth-order valence-corrected chi connectivity index (χ4v) is 3.47. The van der Waals surface area contributed by atoms with Crippen LogP contribution in [-0.2, 0) is 11.3 Å². The topological polar surface area (TPSA) is 93.2 Å². The number of hydrogen-bond acceptors (Lipinski definition) is 6. The Kier molecular flexibility index (Phi) is 5.11. The summed E-state index contributed by atoms with van der Waals surface area (Å²) in [5.74, 6) is 2.52. The van der Waals surface area contributed by atoms with Crippen LogP contribution in [0.5, 0.6) is 0 Å². The second kappa shape index (κ2) is 7.31. The number of nitrogens with zero attached hydrogens (tertiary/aromatic N) is 6. The zero-order valence-electron chi connectivity index (χ0n) is 15.9. The lowest BCUT2D eigenvalue weighted by Crippen LogP contribution is -2.37. The number of carbonyl (C=O) groups excluding carboxylic acids is 1. The van der Waals surface area contributed by atoms with Crippen molar-refractivity contribution in [2.24, 2.45) is 5.73 Å². The summed E-state index contributed by atoms with van der Waals surface area (Å²) in [6.45, 7) is 6.04. The molecule has 1 unspecified atom stereocenters. The van der Waals surface area contributed by atoms with Crippen LogP contribution in [-0.4, -0.2) is 52.6 Å². The van der Waals surface area contributed by atoms with Crippen molar-refractivity contribution in [3.8, 4) is 0 Å². The monoisotopic (exact) mass is 357 g/mol. The van der Waals surface area contributed by atoms with E-state index in [2.05, 4.69) is 21.8 Å². The summed E-state index contributed by atoms with van der Waals surface area (Å²) >= 11 is 0. The summed E-state index contributed by atoms with van der Waals surface area (Å²) in [4.78, 5) is 29.4. The van der Waals surface area contributed by atoms with E-state index in [9.17, 15) is 4.79 Å². The smallest absolute Gasteiger partial charge is 0.237 e. The number of carbonyl (C=O) groups is 1. The highest BCUT2D eigenvalue weighted by molar-refractivity contribution is 5.73. The van der Waals surface area contributed by atoms with E-state index in [0.717, 1.165) is 54.8 Å². The van der Waals surface area contributed by atoms with Crippen LogP contribution < -0.4 is 15.5 Å². The van der Waals surface area contributed by atoms with Gasteiger partial charge < -0.3 is 20.1 Å². The van der Waals surface area contributed by atoms with Crippen LogP contribution in [0.25, 0.3) is 0 Å². The largest absolute Gasteiger partial charge is 0.368 e. The van der Waals surface area contributed by atoms with Crippen molar-refractivity contribution in [3.63, 3.8) is 0 Å². The number of hydrogen-bond donors (Lipinski definition) is 1. The number of aryl methyl sites for hydroxylation is 1. The Morgan fingerprint density at radius 3 is 2.81 bits per heavy atom. The number of aromatic nitrogens is 4. The third-order valence-corrected chi connectivity index (χ3v) is 4.91. The van der Waals surface area contributed by atoms with E-state index in [-0.39, 0.29) is 18.4 Å². The summed E-state index contributed by atoms with van der Waals surface area (Å²) in [6.07, 6.45) is 5.65. The molecule has 3 heterocycles. The molecule has 1 atom stereocenters. The van der Waals surface area contributed by atoms with Crippen LogP contribution in [0, 0.1) is 13.8 Å². The van der Waals surface area contributed by atoms with Gasteiger partial charge in [0.15, 0.2) is 0 Å². The molecule has 3 rings (SSSR count). The van der Waals surface area contributed by atoms with Crippen LogP contribution >= 0.6 is 0 Å². The van der Waals surface area contributed by atoms with Gasteiger partial charge >= 0.3 is 0 Å². The lowest BCUT2D eigenvalue weighted by Gasteiger charge is -2.34. The summed E-state index contributed by atoms with van der Waals surface area (Å²) in [6, 6.07) is 0. The predicted molar refractivity (Wildman–Crippen MR) is 101 cm³/mol. The molecule has 140 valence electrons. The zero-order chi connectivity index (χ0) is 18.8. The fraction of sp³-hybridized carbons (Fsp3) is 0.556. The van der Waals surface area contributed by atoms with Crippen molar-refractivity contribution in [2.45, 2.75) is 39.2 Å². The fourth-order valence-electron chi connectivity index (χ4n) is 3.47. The van der Waals surface area contributed by atoms with Crippen molar-refractivity contribution in [2.75, 3.05) is 37.0 Å². The summed E-state index contributed by atoms with van der Waals surface area (Å²) in [5.41, 5.74) is 7.47. The zero-order valence-corrected chi connectivity index (χ0v) is 15.9. The maximum Gasteiger partial charge on any atom is 0.237 e. The second-order valence-electron chi connectivity index (χ2n) is 7.12. The van der Waals surface area contributed by atoms with E-state index >= 15 is 0 Å². The quantitative estimate of drug-likeness (QED) is 0.865. The average Bonchev–Trinajstić information content (AvgIpc) is 3.04. The standard InChI is InChI=1S/C18H27N7O/c1-12-13(2)21-18(23(3)4)22-16(12)24-8-5-6-14(10-24)17-20-7-9-25(17)11-15(19)26/h7,9,14H,5-6,8,10-11H2,1-4H3,(H2,19,26). The van der Waals surface area contributed by atoms with E-state index < -0.39 is 0 Å². The molecule has 8 heteroatoms. The maximum absolute atomic E-state index is 11.3. The van der Waals surface area contributed by atoms with Gasteiger partial charge in [-0.1, -0.05) is 0 Å². The normalized spacial score (nSPS) is 17.4. The highest BCUT2D eigenvalue weighted by atomic mass is 16.1. The van der Waals surface area contributed by atoms with Crippen molar-refractivity contribution in [3.05, 3.63) is 29.5 Å². The third-order valence-electron chi connectivity index (χ3n) is 4.91. The van der Waals surface area contributed by atoms with Crippen molar-refractivity contribution in [1.82, 2.24) is 19.5 Å². The van der Waals surface area contributed by atoms with Gasteiger partial charge in [-0.3, -0.25) is 4.79 Å². The van der Waals surface area contributed by atoms with Crippen molar-refractivity contribution in [1.29, 1.82) is 0 Å². The van der Waals surface area contributed by atoms with Gasteiger partial charge in [0, 0.05) is 56.8 Å². The average molecular weight is 357 g/mol. The number of imidazole rings is 1. The van der Waals surface area contributed by atoms with Gasteiger partial charge in [0.05, 0.1) is 0 Å². The second-order valence-corrected chi connectivity index (χ2v) is 7.12. The minimum Gasteiger partial charge on any atom is -0.368 e. The van der Waals surface area contributed by atoms with E-state index in [4.69, 9.17) is 10.7 Å². The van der Waals surface area contributed by atoms with E-state index in [1.807, 2.05) is 36.7 Å². The molecule has 8 nitrogen and oxygen atoms in total. The summed E-state index contributed by atoms with van der Waals surface area (Å²) in [5, 5.41) is 0. The molecule has 0 spiro atoms. The highest BCUT2D eigenvalue weighted by Gasteiger charge is 2.27. The first kappa shape index (κ1) is 18.2. The molecule has 1 amide bonds. The third kappa shape index (κ3) is 3.63. The van der Waals surface area contributed by atoms with Gasteiger partial charge in [0.25, 0.3) is 0 Å². The molecule has 1 aliphatic heterocycles. The first-order chi connectivity index (χ1) is 12.4. The van der Waals surface area contributed by atoms with Gasteiger partial charge in [-0.15, -0.1) is 0 Å². The molecular weight excluding hydrogens is 330 g/mol. The molecule has 1 fully saturated rings. The number of primary amides is 1. The lowest BCUT2D eigenvalue weighted by atomic mass is 9.96. The molecule has 0 radical (unpaired) electrons. The van der Waals surface area contributed by atoms with Crippen molar-refractivity contribution < 1.29 is 4.79 Å².